The number of rotatable bonds is 3. The second kappa shape index (κ2) is 4.86. The van der Waals surface area contributed by atoms with Gasteiger partial charge in [-0.25, -0.2) is 13.4 Å². The van der Waals surface area contributed by atoms with E-state index in [1.54, 1.807) is 6.20 Å². The number of carbonyl (C=O) groups is 1. The molecule has 1 aromatic heterocycles. The maximum Gasteiger partial charge on any atom is 0.171 e. The monoisotopic (exact) mass is 273 g/mol. The summed E-state index contributed by atoms with van der Waals surface area (Å²) in [6.45, 7) is 1.52. The molecule has 0 bridgehead atoms. The van der Waals surface area contributed by atoms with Crippen LogP contribution in [0, 0.1) is 5.92 Å². The van der Waals surface area contributed by atoms with Crippen LogP contribution >= 0.6 is 11.3 Å². The van der Waals surface area contributed by atoms with E-state index >= 15 is 0 Å². The minimum atomic E-state index is -2.85. The molecule has 0 saturated carbocycles. The van der Waals surface area contributed by atoms with Crippen LogP contribution in [0.15, 0.2) is 6.20 Å². The Bertz CT molecular complexity index is 519. The number of carbonyl (C=O) groups excluding carboxylic acids is 1. The summed E-state index contributed by atoms with van der Waals surface area (Å²) >= 11 is 1.38. The third kappa shape index (κ3) is 3.35. The van der Waals surface area contributed by atoms with Crippen LogP contribution in [0.2, 0.25) is 0 Å². The van der Waals surface area contributed by atoms with E-state index in [1.807, 2.05) is 0 Å². The molecule has 17 heavy (non-hydrogen) atoms. The zero-order valence-electron chi connectivity index (χ0n) is 9.68. The van der Waals surface area contributed by atoms with Gasteiger partial charge in [-0.1, -0.05) is 0 Å². The van der Waals surface area contributed by atoms with E-state index in [4.69, 9.17) is 0 Å². The second-order valence-electron chi connectivity index (χ2n) is 4.50. The lowest BCUT2D eigenvalue weighted by Crippen LogP contribution is -2.26. The molecular weight excluding hydrogens is 258 g/mol. The van der Waals surface area contributed by atoms with E-state index in [9.17, 15) is 13.2 Å². The highest BCUT2D eigenvalue weighted by molar-refractivity contribution is 7.91. The Morgan fingerprint density at radius 3 is 2.94 bits per heavy atom. The Balaban J connectivity index is 2.03. The van der Waals surface area contributed by atoms with E-state index < -0.39 is 9.84 Å². The first kappa shape index (κ1) is 12.7. The van der Waals surface area contributed by atoms with Gasteiger partial charge in [0.15, 0.2) is 15.6 Å². The first-order chi connectivity index (χ1) is 7.96. The van der Waals surface area contributed by atoms with Crippen LogP contribution in [-0.2, 0) is 16.3 Å². The normalized spacial score (nSPS) is 23.5. The van der Waals surface area contributed by atoms with Crippen LogP contribution in [0.1, 0.15) is 34.4 Å². The molecule has 1 aliphatic heterocycles. The zero-order chi connectivity index (χ0) is 12.5. The molecule has 6 heteroatoms. The Morgan fingerprint density at radius 1 is 1.59 bits per heavy atom. The van der Waals surface area contributed by atoms with Gasteiger partial charge in [0.05, 0.1) is 21.4 Å². The number of hydrogen-bond donors (Lipinski definition) is 0. The number of thiazole rings is 1. The molecule has 1 fully saturated rings. The average Bonchev–Trinajstić information content (AvgIpc) is 2.64. The highest BCUT2D eigenvalue weighted by Crippen LogP contribution is 2.24. The van der Waals surface area contributed by atoms with E-state index in [1.165, 1.54) is 18.3 Å². The fourth-order valence-electron chi connectivity index (χ4n) is 2.09. The lowest BCUT2D eigenvalue weighted by Gasteiger charge is -2.20. The molecule has 0 radical (unpaired) electrons. The first-order valence-corrected chi connectivity index (χ1v) is 8.26. The van der Waals surface area contributed by atoms with Crippen molar-refractivity contribution in [1.82, 2.24) is 4.98 Å². The van der Waals surface area contributed by atoms with Gasteiger partial charge in [0.2, 0.25) is 0 Å². The average molecular weight is 273 g/mol. The van der Waals surface area contributed by atoms with E-state index in [0.717, 1.165) is 17.8 Å². The highest BCUT2D eigenvalue weighted by atomic mass is 32.2. The first-order valence-electron chi connectivity index (χ1n) is 5.62. The van der Waals surface area contributed by atoms with Gasteiger partial charge in [0.25, 0.3) is 0 Å². The zero-order valence-corrected chi connectivity index (χ0v) is 11.3. The summed E-state index contributed by atoms with van der Waals surface area (Å²) in [6, 6.07) is 0. The lowest BCUT2D eigenvalue weighted by molar-refractivity contribution is 0.102. The van der Waals surface area contributed by atoms with Gasteiger partial charge in [0, 0.05) is 19.5 Å². The van der Waals surface area contributed by atoms with Crippen molar-refractivity contribution in [3.05, 3.63) is 16.1 Å². The molecular formula is C11H15NO3S2. The molecule has 1 unspecified atom stereocenters. The second-order valence-corrected chi connectivity index (χ2v) is 7.85. The van der Waals surface area contributed by atoms with Crippen LogP contribution in [0.3, 0.4) is 0 Å². The SMILES string of the molecule is CC(=O)c1cnc(CC2CCCS(=O)(=O)C2)s1. The largest absolute Gasteiger partial charge is 0.294 e. The van der Waals surface area contributed by atoms with Crippen LogP contribution in [0.4, 0.5) is 0 Å². The molecule has 0 aromatic carbocycles. The number of Topliss-reactive ketones (excluding diaryl/α,β-unsaturated/α-hetero) is 1. The molecule has 0 aliphatic carbocycles. The minimum absolute atomic E-state index is 0.0185. The maximum absolute atomic E-state index is 11.5. The van der Waals surface area contributed by atoms with Crippen molar-refractivity contribution in [2.24, 2.45) is 5.92 Å². The molecule has 2 rings (SSSR count). The third-order valence-corrected chi connectivity index (χ3v) is 5.93. The summed E-state index contributed by atoms with van der Waals surface area (Å²) in [5.74, 6) is 0.770. The van der Waals surface area contributed by atoms with Gasteiger partial charge >= 0.3 is 0 Å². The van der Waals surface area contributed by atoms with Crippen LogP contribution < -0.4 is 0 Å². The summed E-state index contributed by atoms with van der Waals surface area (Å²) in [5.41, 5.74) is 0. The summed E-state index contributed by atoms with van der Waals surface area (Å²) < 4.78 is 23.0. The molecule has 1 aromatic rings. The quantitative estimate of drug-likeness (QED) is 0.786. The number of nitrogens with zero attached hydrogens (tertiary/aromatic N) is 1. The predicted octanol–water partition coefficient (Wildman–Crippen LogP) is 1.71. The van der Waals surface area contributed by atoms with Crippen molar-refractivity contribution in [1.29, 1.82) is 0 Å². The van der Waals surface area contributed by atoms with E-state index in [0.29, 0.717) is 17.1 Å². The van der Waals surface area contributed by atoms with E-state index in [-0.39, 0.29) is 17.5 Å². The highest BCUT2D eigenvalue weighted by Gasteiger charge is 2.25. The minimum Gasteiger partial charge on any atom is -0.294 e. The summed E-state index contributed by atoms with van der Waals surface area (Å²) in [7, 11) is -2.85. The Labute approximate surface area is 105 Å². The molecule has 4 nitrogen and oxygen atoms in total. The van der Waals surface area contributed by atoms with Crippen LogP contribution in [0.5, 0.6) is 0 Å². The molecule has 0 spiro atoms. The van der Waals surface area contributed by atoms with Crippen molar-refractivity contribution >= 4 is 27.0 Å². The molecule has 1 aliphatic rings. The van der Waals surface area contributed by atoms with Gasteiger partial charge in [-0.3, -0.25) is 4.79 Å². The topological polar surface area (TPSA) is 64.1 Å². The fraction of sp³-hybridized carbons (Fsp3) is 0.636. The van der Waals surface area contributed by atoms with Crippen LogP contribution in [0.25, 0.3) is 0 Å². The molecule has 94 valence electrons. The lowest BCUT2D eigenvalue weighted by atomic mass is 10.0. The smallest absolute Gasteiger partial charge is 0.171 e. The summed E-state index contributed by atoms with van der Waals surface area (Å²) in [4.78, 5) is 16.0. The summed E-state index contributed by atoms with van der Waals surface area (Å²) in [5, 5.41) is 0.873. The van der Waals surface area contributed by atoms with Gasteiger partial charge in [0.1, 0.15) is 0 Å². The van der Waals surface area contributed by atoms with Crippen molar-refractivity contribution in [3.63, 3.8) is 0 Å². The molecule has 2 heterocycles. The Morgan fingerprint density at radius 2 is 2.35 bits per heavy atom. The third-order valence-electron chi connectivity index (χ3n) is 2.92. The molecule has 0 N–H and O–H groups in total. The predicted molar refractivity (Wildman–Crippen MR) is 67.2 cm³/mol. The van der Waals surface area contributed by atoms with Crippen LogP contribution in [-0.4, -0.2) is 30.7 Å². The maximum atomic E-state index is 11.5. The van der Waals surface area contributed by atoms with Crippen molar-refractivity contribution < 1.29 is 13.2 Å². The molecule has 1 saturated heterocycles. The van der Waals surface area contributed by atoms with Gasteiger partial charge in [-0.2, -0.15) is 0 Å². The Kier molecular flexibility index (Phi) is 3.63. The number of ketones is 1. The van der Waals surface area contributed by atoms with Crippen molar-refractivity contribution in [2.75, 3.05) is 11.5 Å². The van der Waals surface area contributed by atoms with Gasteiger partial charge in [-0.05, 0) is 18.8 Å². The Hall–Kier alpha value is -0.750. The number of aromatic nitrogens is 1. The van der Waals surface area contributed by atoms with Gasteiger partial charge in [-0.15, -0.1) is 11.3 Å². The number of sulfone groups is 1. The standard InChI is InChI=1S/C11H15NO3S2/c1-8(13)10-6-12-11(16-10)5-9-3-2-4-17(14,15)7-9/h6,9H,2-5,7H2,1H3. The molecule has 1 atom stereocenters. The van der Waals surface area contributed by atoms with Crippen molar-refractivity contribution in [3.8, 4) is 0 Å². The summed E-state index contributed by atoms with van der Waals surface area (Å²) in [6.07, 6.45) is 3.95. The van der Waals surface area contributed by atoms with E-state index in [2.05, 4.69) is 4.98 Å². The number of hydrogen-bond acceptors (Lipinski definition) is 5. The van der Waals surface area contributed by atoms with Crippen molar-refractivity contribution in [2.45, 2.75) is 26.2 Å². The fourth-order valence-corrected chi connectivity index (χ4v) is 4.80. The van der Waals surface area contributed by atoms with Gasteiger partial charge < -0.3 is 0 Å². The molecule has 0 amide bonds.